The standard InChI is InChI=1S/C17H14Cl2O2/c18-13-5-6-15(19)12(9-13)10-16(20)17-14-4-2-1-3-11(14)7-8-21-17/h1-6,9,17H,7-8,10H2. The summed E-state index contributed by atoms with van der Waals surface area (Å²) in [5, 5.41) is 1.13. The van der Waals surface area contributed by atoms with Gasteiger partial charge in [0.1, 0.15) is 6.10 Å². The zero-order valence-electron chi connectivity index (χ0n) is 11.3. The van der Waals surface area contributed by atoms with Crippen molar-refractivity contribution in [1.82, 2.24) is 0 Å². The Kier molecular flexibility index (Phi) is 4.29. The predicted molar refractivity (Wildman–Crippen MR) is 84.0 cm³/mol. The largest absolute Gasteiger partial charge is 0.365 e. The van der Waals surface area contributed by atoms with Crippen molar-refractivity contribution in [2.75, 3.05) is 6.61 Å². The lowest BCUT2D eigenvalue weighted by molar-refractivity contribution is -0.131. The van der Waals surface area contributed by atoms with Crippen LogP contribution in [0.25, 0.3) is 0 Å². The van der Waals surface area contributed by atoms with Crippen LogP contribution in [0.15, 0.2) is 42.5 Å². The van der Waals surface area contributed by atoms with Crippen molar-refractivity contribution in [3.63, 3.8) is 0 Å². The van der Waals surface area contributed by atoms with E-state index in [0.717, 1.165) is 17.5 Å². The molecule has 0 bridgehead atoms. The lowest BCUT2D eigenvalue weighted by Gasteiger charge is -2.25. The third kappa shape index (κ3) is 3.13. The maximum atomic E-state index is 12.6. The number of Topliss-reactive ketones (excluding diaryl/α,β-unsaturated/α-hetero) is 1. The molecule has 0 fully saturated rings. The van der Waals surface area contributed by atoms with Crippen molar-refractivity contribution >= 4 is 29.0 Å². The van der Waals surface area contributed by atoms with Crippen LogP contribution in [-0.2, 0) is 22.4 Å². The fraction of sp³-hybridized carbons (Fsp3) is 0.235. The van der Waals surface area contributed by atoms with E-state index in [1.54, 1.807) is 18.2 Å². The van der Waals surface area contributed by atoms with Crippen LogP contribution < -0.4 is 0 Å². The van der Waals surface area contributed by atoms with E-state index in [0.29, 0.717) is 16.7 Å². The minimum absolute atomic E-state index is 0.00585. The summed E-state index contributed by atoms with van der Waals surface area (Å²) in [6.45, 7) is 0.566. The first-order valence-electron chi connectivity index (χ1n) is 6.81. The van der Waals surface area contributed by atoms with Gasteiger partial charge in [-0.2, -0.15) is 0 Å². The molecule has 2 nitrogen and oxygen atoms in total. The van der Waals surface area contributed by atoms with Crippen LogP contribution in [0.1, 0.15) is 22.8 Å². The van der Waals surface area contributed by atoms with Crippen molar-refractivity contribution in [2.24, 2.45) is 0 Å². The maximum absolute atomic E-state index is 12.6. The average molecular weight is 321 g/mol. The number of ether oxygens (including phenoxy) is 1. The van der Waals surface area contributed by atoms with Crippen molar-refractivity contribution in [3.8, 4) is 0 Å². The first-order chi connectivity index (χ1) is 10.1. The fourth-order valence-electron chi connectivity index (χ4n) is 2.62. The first-order valence-corrected chi connectivity index (χ1v) is 7.57. The van der Waals surface area contributed by atoms with Gasteiger partial charge < -0.3 is 4.74 Å². The summed E-state index contributed by atoms with van der Waals surface area (Å²) < 4.78 is 5.68. The highest BCUT2D eigenvalue weighted by molar-refractivity contribution is 6.33. The molecule has 2 aromatic rings. The van der Waals surface area contributed by atoms with Gasteiger partial charge in [0.2, 0.25) is 0 Å². The molecule has 0 saturated carbocycles. The van der Waals surface area contributed by atoms with Crippen LogP contribution in [0, 0.1) is 0 Å². The van der Waals surface area contributed by atoms with Gasteiger partial charge in [0, 0.05) is 16.5 Å². The second kappa shape index (κ2) is 6.18. The first kappa shape index (κ1) is 14.6. The highest BCUT2D eigenvalue weighted by atomic mass is 35.5. The lowest BCUT2D eigenvalue weighted by Crippen LogP contribution is -2.24. The Balaban J connectivity index is 1.85. The molecular formula is C17H14Cl2O2. The Hall–Kier alpha value is -1.35. The van der Waals surface area contributed by atoms with Gasteiger partial charge in [0.05, 0.1) is 6.61 Å². The molecule has 0 N–H and O–H groups in total. The number of halogens is 2. The minimum atomic E-state index is -0.509. The third-order valence-electron chi connectivity index (χ3n) is 3.66. The molecule has 4 heteroatoms. The molecule has 1 aliphatic rings. The van der Waals surface area contributed by atoms with Gasteiger partial charge in [-0.25, -0.2) is 0 Å². The van der Waals surface area contributed by atoms with Crippen molar-refractivity contribution in [2.45, 2.75) is 18.9 Å². The van der Waals surface area contributed by atoms with E-state index < -0.39 is 6.10 Å². The summed E-state index contributed by atoms with van der Waals surface area (Å²) >= 11 is 12.1. The van der Waals surface area contributed by atoms with Crippen LogP contribution in [0.5, 0.6) is 0 Å². The molecule has 1 atom stereocenters. The summed E-state index contributed by atoms with van der Waals surface area (Å²) in [5.41, 5.74) is 2.88. The van der Waals surface area contributed by atoms with Crippen molar-refractivity contribution in [3.05, 3.63) is 69.2 Å². The molecule has 0 aliphatic carbocycles. The van der Waals surface area contributed by atoms with Gasteiger partial charge in [-0.15, -0.1) is 0 Å². The number of carbonyl (C=O) groups excluding carboxylic acids is 1. The normalized spacial score (nSPS) is 17.3. The summed E-state index contributed by atoms with van der Waals surface area (Å²) in [4.78, 5) is 12.6. The molecule has 0 amide bonds. The highest BCUT2D eigenvalue weighted by Crippen LogP contribution is 2.30. The number of hydrogen-bond donors (Lipinski definition) is 0. The number of fused-ring (bicyclic) bond motifs is 1. The lowest BCUT2D eigenvalue weighted by atomic mass is 9.93. The number of carbonyl (C=O) groups is 1. The SMILES string of the molecule is O=C(Cc1cc(Cl)ccc1Cl)C1OCCc2ccccc21. The van der Waals surface area contributed by atoms with E-state index in [1.165, 1.54) is 5.56 Å². The Labute approximate surface area is 133 Å². The Morgan fingerprint density at radius 3 is 2.86 bits per heavy atom. The van der Waals surface area contributed by atoms with E-state index in [1.807, 2.05) is 24.3 Å². The molecule has 1 unspecified atom stereocenters. The Morgan fingerprint density at radius 1 is 1.19 bits per heavy atom. The second-order valence-corrected chi connectivity index (χ2v) is 5.92. The van der Waals surface area contributed by atoms with Crippen LogP contribution in [0.4, 0.5) is 0 Å². The van der Waals surface area contributed by atoms with E-state index >= 15 is 0 Å². The average Bonchev–Trinajstić information content (AvgIpc) is 2.50. The molecule has 0 spiro atoms. The summed E-state index contributed by atoms with van der Waals surface area (Å²) in [6, 6.07) is 13.1. The van der Waals surface area contributed by atoms with Crippen LogP contribution in [0.2, 0.25) is 10.0 Å². The van der Waals surface area contributed by atoms with Gasteiger partial charge >= 0.3 is 0 Å². The van der Waals surface area contributed by atoms with Gasteiger partial charge in [-0.3, -0.25) is 4.79 Å². The minimum Gasteiger partial charge on any atom is -0.365 e. The summed E-state index contributed by atoms with van der Waals surface area (Å²) in [6.07, 6.45) is 0.556. The molecule has 1 heterocycles. The van der Waals surface area contributed by atoms with Crippen molar-refractivity contribution < 1.29 is 9.53 Å². The number of rotatable bonds is 3. The third-order valence-corrected chi connectivity index (χ3v) is 4.26. The van der Waals surface area contributed by atoms with Gasteiger partial charge in [-0.05, 0) is 41.3 Å². The molecule has 0 radical (unpaired) electrons. The van der Waals surface area contributed by atoms with E-state index in [-0.39, 0.29) is 12.2 Å². The molecule has 108 valence electrons. The zero-order chi connectivity index (χ0) is 14.8. The fourth-order valence-corrected chi connectivity index (χ4v) is 3.00. The maximum Gasteiger partial charge on any atom is 0.170 e. The monoisotopic (exact) mass is 320 g/mol. The van der Waals surface area contributed by atoms with E-state index in [4.69, 9.17) is 27.9 Å². The quantitative estimate of drug-likeness (QED) is 0.836. The van der Waals surface area contributed by atoms with E-state index in [2.05, 4.69) is 0 Å². The van der Waals surface area contributed by atoms with Crippen molar-refractivity contribution in [1.29, 1.82) is 0 Å². The Bertz CT molecular complexity index is 682. The molecule has 0 saturated heterocycles. The predicted octanol–water partition coefficient (Wildman–Crippen LogP) is 4.42. The van der Waals surface area contributed by atoms with Gasteiger partial charge in [0.25, 0.3) is 0 Å². The molecule has 3 rings (SSSR count). The second-order valence-electron chi connectivity index (χ2n) is 5.08. The smallest absolute Gasteiger partial charge is 0.170 e. The van der Waals surface area contributed by atoms with Gasteiger partial charge in [0.15, 0.2) is 5.78 Å². The number of ketones is 1. The summed E-state index contributed by atoms with van der Waals surface area (Å²) in [5.74, 6) is 0.00585. The molecule has 2 aromatic carbocycles. The zero-order valence-corrected chi connectivity index (χ0v) is 12.8. The summed E-state index contributed by atoms with van der Waals surface area (Å²) in [7, 11) is 0. The number of hydrogen-bond acceptors (Lipinski definition) is 2. The topological polar surface area (TPSA) is 26.3 Å². The van der Waals surface area contributed by atoms with Crippen LogP contribution in [-0.4, -0.2) is 12.4 Å². The Morgan fingerprint density at radius 2 is 2.00 bits per heavy atom. The molecule has 0 aromatic heterocycles. The molecule has 1 aliphatic heterocycles. The number of benzene rings is 2. The molecular weight excluding hydrogens is 307 g/mol. The van der Waals surface area contributed by atoms with Gasteiger partial charge in [-0.1, -0.05) is 47.5 Å². The van der Waals surface area contributed by atoms with Crippen LogP contribution >= 0.6 is 23.2 Å². The van der Waals surface area contributed by atoms with Crippen LogP contribution in [0.3, 0.4) is 0 Å². The highest BCUT2D eigenvalue weighted by Gasteiger charge is 2.27. The molecule has 21 heavy (non-hydrogen) atoms. The van der Waals surface area contributed by atoms with E-state index in [9.17, 15) is 4.79 Å².